The average molecular weight is 568 g/mol. The van der Waals surface area contributed by atoms with E-state index in [1.54, 1.807) is 30.6 Å². The van der Waals surface area contributed by atoms with Gasteiger partial charge in [-0.3, -0.25) is 4.79 Å². The van der Waals surface area contributed by atoms with Crippen molar-refractivity contribution in [1.29, 1.82) is 0 Å². The summed E-state index contributed by atoms with van der Waals surface area (Å²) in [5.74, 6) is 1.40. The lowest BCUT2D eigenvalue weighted by Crippen LogP contribution is -2.24. The van der Waals surface area contributed by atoms with Crippen molar-refractivity contribution in [2.45, 2.75) is 45.8 Å². The van der Waals surface area contributed by atoms with Crippen LogP contribution in [0.15, 0.2) is 67.0 Å². The number of amides is 1. The summed E-state index contributed by atoms with van der Waals surface area (Å²) in [6, 6.07) is 17.4. The summed E-state index contributed by atoms with van der Waals surface area (Å²) >= 11 is 0. The van der Waals surface area contributed by atoms with Crippen LogP contribution >= 0.6 is 0 Å². The number of fused-ring (bicyclic) bond motifs is 1. The number of aromatic nitrogens is 5. The van der Waals surface area contributed by atoms with Crippen LogP contribution < -0.4 is 10.6 Å². The van der Waals surface area contributed by atoms with E-state index in [1.165, 1.54) is 0 Å². The highest BCUT2D eigenvalue weighted by Gasteiger charge is 2.24. The lowest BCUT2D eigenvalue weighted by Gasteiger charge is -2.19. The number of benzene rings is 2. The quantitative estimate of drug-likeness (QED) is 0.174. The van der Waals surface area contributed by atoms with Crippen molar-refractivity contribution in [2.24, 2.45) is 7.05 Å². The lowest BCUT2D eigenvalue weighted by molar-refractivity contribution is 0.0740. The molecule has 2 aromatic carbocycles. The van der Waals surface area contributed by atoms with E-state index in [0.717, 1.165) is 33.8 Å². The van der Waals surface area contributed by atoms with Crippen LogP contribution in [0, 0.1) is 6.92 Å². The molecule has 0 aliphatic carbocycles. The number of rotatable bonds is 11. The SMILES string of the molecule is Cc1nn2c(NCc3cccc(-c4nccn4C)c3)cc(C(C)(C)O)nc2c1-c1cccc(C(=O)NCCCCO)c1. The van der Waals surface area contributed by atoms with Crippen molar-refractivity contribution in [3.8, 4) is 22.5 Å². The van der Waals surface area contributed by atoms with Crippen LogP contribution in [0.2, 0.25) is 0 Å². The van der Waals surface area contributed by atoms with Gasteiger partial charge in [0.25, 0.3) is 5.91 Å². The second-order valence-corrected chi connectivity index (χ2v) is 11.0. The Balaban J connectivity index is 1.49. The maximum Gasteiger partial charge on any atom is 0.251 e. The Kier molecular flexibility index (Phi) is 8.37. The van der Waals surface area contributed by atoms with Crippen molar-refractivity contribution in [2.75, 3.05) is 18.5 Å². The molecule has 218 valence electrons. The maximum absolute atomic E-state index is 12.8. The molecule has 0 atom stereocenters. The van der Waals surface area contributed by atoms with E-state index in [-0.39, 0.29) is 12.5 Å². The van der Waals surface area contributed by atoms with Gasteiger partial charge >= 0.3 is 0 Å². The van der Waals surface area contributed by atoms with Gasteiger partial charge in [-0.2, -0.15) is 9.61 Å². The van der Waals surface area contributed by atoms with E-state index in [2.05, 4.69) is 27.8 Å². The lowest BCUT2D eigenvalue weighted by atomic mass is 10.0. The third kappa shape index (κ3) is 6.19. The van der Waals surface area contributed by atoms with E-state index >= 15 is 0 Å². The number of anilines is 1. The smallest absolute Gasteiger partial charge is 0.251 e. The summed E-state index contributed by atoms with van der Waals surface area (Å²) in [7, 11) is 1.97. The first-order valence-corrected chi connectivity index (χ1v) is 14.1. The predicted octanol–water partition coefficient (Wildman–Crippen LogP) is 4.45. The molecule has 0 aliphatic heterocycles. The molecule has 5 aromatic rings. The molecule has 0 radical (unpaired) electrons. The van der Waals surface area contributed by atoms with Gasteiger partial charge in [0.05, 0.1) is 11.4 Å². The number of nitrogens with zero attached hydrogens (tertiary/aromatic N) is 5. The fourth-order valence-corrected chi connectivity index (χ4v) is 4.91. The average Bonchev–Trinajstić information content (AvgIpc) is 3.55. The van der Waals surface area contributed by atoms with Gasteiger partial charge in [-0.15, -0.1) is 0 Å². The standard InChI is InChI=1S/C32H37N7O3/c1-21-28(23-10-8-12-25(18-23)31(41)34-13-5-6-16-40)30-36-26(32(2,3)42)19-27(39(30)37-21)35-20-22-9-7-11-24(17-22)29-33-14-15-38(29)4/h7-12,14-15,17-19,35,40,42H,5-6,13,16,20H2,1-4H3,(H,34,41). The first kappa shape index (κ1) is 29.0. The largest absolute Gasteiger partial charge is 0.396 e. The van der Waals surface area contributed by atoms with Gasteiger partial charge in [-0.05, 0) is 62.9 Å². The molecule has 0 unspecified atom stereocenters. The maximum atomic E-state index is 12.8. The highest BCUT2D eigenvalue weighted by molar-refractivity contribution is 5.96. The molecule has 0 spiro atoms. The zero-order valence-electron chi connectivity index (χ0n) is 24.4. The molecule has 0 saturated heterocycles. The van der Waals surface area contributed by atoms with E-state index in [1.807, 2.05) is 61.1 Å². The van der Waals surface area contributed by atoms with E-state index in [9.17, 15) is 9.90 Å². The van der Waals surface area contributed by atoms with Gasteiger partial charge in [-0.1, -0.05) is 30.3 Å². The van der Waals surface area contributed by atoms with Crippen molar-refractivity contribution < 1.29 is 15.0 Å². The topological polar surface area (TPSA) is 130 Å². The number of aryl methyl sites for hydroxylation is 2. The number of unbranched alkanes of at least 4 members (excludes halogenated alkanes) is 1. The number of imidazole rings is 1. The summed E-state index contributed by atoms with van der Waals surface area (Å²) in [5.41, 5.74) is 4.84. The first-order chi connectivity index (χ1) is 20.2. The minimum atomic E-state index is -1.19. The van der Waals surface area contributed by atoms with Crippen molar-refractivity contribution >= 4 is 17.4 Å². The number of hydrogen-bond donors (Lipinski definition) is 4. The second-order valence-electron chi connectivity index (χ2n) is 11.0. The van der Waals surface area contributed by atoms with Crippen molar-refractivity contribution in [3.05, 3.63) is 89.5 Å². The van der Waals surface area contributed by atoms with Crippen molar-refractivity contribution in [1.82, 2.24) is 29.5 Å². The Morgan fingerprint density at radius 2 is 1.83 bits per heavy atom. The molecule has 3 heterocycles. The molecule has 42 heavy (non-hydrogen) atoms. The molecule has 0 aliphatic rings. The Hall–Kier alpha value is -4.54. The van der Waals surface area contributed by atoms with Gasteiger partial charge in [0, 0.05) is 61.9 Å². The molecule has 3 aromatic heterocycles. The highest BCUT2D eigenvalue weighted by Crippen LogP contribution is 2.32. The molecule has 4 N–H and O–H groups in total. The summed E-state index contributed by atoms with van der Waals surface area (Å²) in [6.07, 6.45) is 5.06. The van der Waals surface area contributed by atoms with Crippen LogP contribution in [-0.4, -0.2) is 53.4 Å². The van der Waals surface area contributed by atoms with E-state index in [4.69, 9.17) is 15.2 Å². The minimum Gasteiger partial charge on any atom is -0.396 e. The van der Waals surface area contributed by atoms with Crippen LogP contribution in [0.5, 0.6) is 0 Å². The fourth-order valence-electron chi connectivity index (χ4n) is 4.91. The second kappa shape index (κ2) is 12.1. The number of nitrogens with one attached hydrogen (secondary N) is 2. The van der Waals surface area contributed by atoms with Gasteiger partial charge in [0.15, 0.2) is 5.65 Å². The summed E-state index contributed by atoms with van der Waals surface area (Å²) < 4.78 is 3.74. The van der Waals surface area contributed by atoms with Gasteiger partial charge in [-0.25, -0.2) is 9.97 Å². The van der Waals surface area contributed by atoms with Crippen LogP contribution in [0.1, 0.15) is 54.0 Å². The summed E-state index contributed by atoms with van der Waals surface area (Å²) in [6.45, 7) is 6.44. The molecular formula is C32H37N7O3. The number of hydrogen-bond acceptors (Lipinski definition) is 7. The summed E-state index contributed by atoms with van der Waals surface area (Å²) in [5, 5.41) is 31.1. The number of aliphatic hydroxyl groups excluding tert-OH is 1. The number of carbonyl (C=O) groups excluding carboxylic acids is 1. The van der Waals surface area contributed by atoms with E-state index < -0.39 is 5.60 Å². The zero-order chi connectivity index (χ0) is 29.9. The molecule has 0 saturated carbocycles. The van der Waals surface area contributed by atoms with Crippen LogP contribution in [0.4, 0.5) is 5.82 Å². The first-order valence-electron chi connectivity index (χ1n) is 14.1. The van der Waals surface area contributed by atoms with Crippen molar-refractivity contribution in [3.63, 3.8) is 0 Å². The van der Waals surface area contributed by atoms with Gasteiger partial charge in [0.2, 0.25) is 0 Å². The van der Waals surface area contributed by atoms with Crippen LogP contribution in [-0.2, 0) is 19.2 Å². The van der Waals surface area contributed by atoms with Gasteiger partial charge < -0.3 is 25.4 Å². The molecule has 1 amide bonds. The normalized spacial score (nSPS) is 11.7. The number of carbonyl (C=O) groups is 1. The molecular weight excluding hydrogens is 530 g/mol. The van der Waals surface area contributed by atoms with E-state index in [0.29, 0.717) is 48.7 Å². The third-order valence-corrected chi connectivity index (χ3v) is 7.15. The Bertz CT molecular complexity index is 1720. The molecule has 0 bridgehead atoms. The Labute approximate surface area is 245 Å². The van der Waals surface area contributed by atoms with Crippen LogP contribution in [0.25, 0.3) is 28.2 Å². The Morgan fingerprint density at radius 3 is 2.57 bits per heavy atom. The molecule has 0 fully saturated rings. The number of aliphatic hydroxyl groups is 2. The molecule has 10 heteroatoms. The monoisotopic (exact) mass is 567 g/mol. The van der Waals surface area contributed by atoms with Crippen LogP contribution in [0.3, 0.4) is 0 Å². The molecule has 10 nitrogen and oxygen atoms in total. The fraction of sp³-hybridized carbons (Fsp3) is 0.312. The highest BCUT2D eigenvalue weighted by atomic mass is 16.3. The predicted molar refractivity (Wildman–Crippen MR) is 163 cm³/mol. The molecule has 5 rings (SSSR count). The van der Waals surface area contributed by atoms with Gasteiger partial charge in [0.1, 0.15) is 17.2 Å². The Morgan fingerprint density at radius 1 is 1.05 bits per heavy atom. The summed E-state index contributed by atoms with van der Waals surface area (Å²) in [4.78, 5) is 22.1. The third-order valence-electron chi connectivity index (χ3n) is 7.15. The minimum absolute atomic E-state index is 0.104. The zero-order valence-corrected chi connectivity index (χ0v) is 24.4.